The molecule has 1 aliphatic carbocycles. The van der Waals surface area contributed by atoms with Crippen LogP contribution in [0.3, 0.4) is 0 Å². The van der Waals surface area contributed by atoms with E-state index in [1.807, 2.05) is 12.1 Å². The van der Waals surface area contributed by atoms with E-state index in [0.717, 1.165) is 19.3 Å². The van der Waals surface area contributed by atoms with Gasteiger partial charge in [0.05, 0.1) is 7.11 Å². The predicted octanol–water partition coefficient (Wildman–Crippen LogP) is 2.15. The van der Waals surface area contributed by atoms with Gasteiger partial charge in [-0.05, 0) is 48.9 Å². The van der Waals surface area contributed by atoms with E-state index in [1.165, 1.54) is 24.7 Å². The van der Waals surface area contributed by atoms with Gasteiger partial charge >= 0.3 is 0 Å². The maximum atomic E-state index is 11.1. The van der Waals surface area contributed by atoms with Gasteiger partial charge in [-0.3, -0.25) is 0 Å². The maximum Gasteiger partial charge on any atom is 0.190 e. The van der Waals surface area contributed by atoms with E-state index < -0.39 is 11.1 Å². The van der Waals surface area contributed by atoms with Crippen molar-refractivity contribution in [2.45, 2.75) is 30.6 Å². The van der Waals surface area contributed by atoms with Crippen LogP contribution in [-0.2, 0) is 23.9 Å². The van der Waals surface area contributed by atoms with E-state index in [2.05, 4.69) is 0 Å². The summed E-state index contributed by atoms with van der Waals surface area (Å²) in [5, 5.41) is 0. The van der Waals surface area contributed by atoms with Crippen molar-refractivity contribution in [3.05, 3.63) is 23.3 Å². The molecule has 0 fully saturated rings. The van der Waals surface area contributed by atoms with E-state index in [0.29, 0.717) is 10.6 Å². The first-order valence-corrected chi connectivity index (χ1v) is 6.13. The zero-order chi connectivity index (χ0) is 10.8. The summed E-state index contributed by atoms with van der Waals surface area (Å²) in [5.74, 6) is 0.525. The van der Waals surface area contributed by atoms with Gasteiger partial charge < -0.3 is 9.29 Å². The molecule has 0 aliphatic heterocycles. The molecule has 3 nitrogen and oxygen atoms in total. The van der Waals surface area contributed by atoms with Crippen molar-refractivity contribution in [1.29, 1.82) is 0 Å². The van der Waals surface area contributed by atoms with Crippen molar-refractivity contribution in [3.8, 4) is 5.75 Å². The molecule has 1 aromatic carbocycles. The molecular formula is C11H14O3S. The lowest BCUT2D eigenvalue weighted by molar-refractivity contribution is 0.400. The number of rotatable bonds is 2. The summed E-state index contributed by atoms with van der Waals surface area (Å²) >= 11 is -1.96. The molecule has 1 aromatic rings. The van der Waals surface area contributed by atoms with Gasteiger partial charge in [0, 0.05) is 0 Å². The lowest BCUT2D eigenvalue weighted by atomic mass is 9.92. The van der Waals surface area contributed by atoms with Crippen LogP contribution in [0, 0.1) is 0 Å². The van der Waals surface area contributed by atoms with Crippen LogP contribution in [0.2, 0.25) is 0 Å². The fraction of sp³-hybridized carbons (Fsp3) is 0.455. The van der Waals surface area contributed by atoms with E-state index >= 15 is 0 Å². The molecule has 1 atom stereocenters. The molecule has 15 heavy (non-hydrogen) atoms. The Morgan fingerprint density at radius 1 is 1.27 bits per heavy atom. The second-order valence-electron chi connectivity index (χ2n) is 3.73. The Kier molecular flexibility index (Phi) is 3.07. The van der Waals surface area contributed by atoms with E-state index in [-0.39, 0.29) is 0 Å². The van der Waals surface area contributed by atoms with Gasteiger partial charge in [0.2, 0.25) is 0 Å². The van der Waals surface area contributed by atoms with Crippen LogP contribution in [0.5, 0.6) is 5.75 Å². The number of ether oxygens (including phenoxy) is 1. The average Bonchev–Trinajstić information content (AvgIpc) is 2.27. The first kappa shape index (κ1) is 10.6. The summed E-state index contributed by atoms with van der Waals surface area (Å²) in [6.07, 6.45) is 4.40. The lowest BCUT2D eigenvalue weighted by Crippen LogP contribution is -2.05. The average molecular weight is 226 g/mol. The van der Waals surface area contributed by atoms with Crippen LogP contribution < -0.4 is 4.74 Å². The largest absolute Gasteiger partial charge is 0.495 e. The molecule has 1 unspecified atom stereocenters. The summed E-state index contributed by atoms with van der Waals surface area (Å²) < 4.78 is 25.3. The van der Waals surface area contributed by atoms with Crippen LogP contribution in [0.25, 0.3) is 0 Å². The van der Waals surface area contributed by atoms with Gasteiger partial charge in [0.15, 0.2) is 11.1 Å². The Morgan fingerprint density at radius 3 is 2.40 bits per heavy atom. The van der Waals surface area contributed by atoms with Crippen molar-refractivity contribution < 1.29 is 13.5 Å². The molecule has 4 heteroatoms. The number of hydrogen-bond acceptors (Lipinski definition) is 2. The Bertz CT molecular complexity index is 401. The van der Waals surface area contributed by atoms with Crippen LogP contribution in [0.1, 0.15) is 24.0 Å². The summed E-state index contributed by atoms with van der Waals surface area (Å²) in [5.41, 5.74) is 2.45. The second-order valence-corrected chi connectivity index (χ2v) is 4.67. The number of fused-ring (bicyclic) bond motifs is 1. The van der Waals surface area contributed by atoms with Crippen LogP contribution in [0.4, 0.5) is 0 Å². The molecule has 1 aliphatic rings. The zero-order valence-corrected chi connectivity index (χ0v) is 9.47. The van der Waals surface area contributed by atoms with Gasteiger partial charge in [-0.1, -0.05) is 0 Å². The highest BCUT2D eigenvalue weighted by Gasteiger charge is 2.16. The molecule has 0 amide bonds. The molecule has 0 spiro atoms. The SMILES string of the molecule is COc1cc2c(cc1S(=O)O)CCCC2. The highest BCUT2D eigenvalue weighted by atomic mass is 32.2. The van der Waals surface area contributed by atoms with Crippen LogP contribution in [-0.4, -0.2) is 15.9 Å². The smallest absolute Gasteiger partial charge is 0.190 e. The van der Waals surface area contributed by atoms with E-state index in [1.54, 1.807) is 0 Å². The maximum absolute atomic E-state index is 11.1. The normalized spacial score (nSPS) is 16.9. The standard InChI is InChI=1S/C11H14O3S/c1-14-10-6-8-4-2-3-5-9(8)7-11(10)15(12)13/h6-7H,2-5H2,1H3,(H,12,13). The molecule has 0 heterocycles. The molecule has 1 N–H and O–H groups in total. The van der Waals surface area contributed by atoms with Gasteiger partial charge in [-0.2, -0.15) is 0 Å². The molecule has 82 valence electrons. The van der Waals surface area contributed by atoms with Crippen molar-refractivity contribution in [2.24, 2.45) is 0 Å². The number of benzene rings is 1. The van der Waals surface area contributed by atoms with Crippen LogP contribution >= 0.6 is 0 Å². The Labute approximate surface area is 91.7 Å². The topological polar surface area (TPSA) is 46.5 Å². The van der Waals surface area contributed by atoms with Gasteiger partial charge in [-0.25, -0.2) is 4.21 Å². The Balaban J connectivity index is 2.51. The van der Waals surface area contributed by atoms with Crippen molar-refractivity contribution >= 4 is 11.1 Å². The monoisotopic (exact) mass is 226 g/mol. The fourth-order valence-corrected chi connectivity index (χ4v) is 2.59. The fourth-order valence-electron chi connectivity index (χ4n) is 2.04. The van der Waals surface area contributed by atoms with Crippen molar-refractivity contribution in [2.75, 3.05) is 7.11 Å². The van der Waals surface area contributed by atoms with E-state index in [9.17, 15) is 4.21 Å². The molecule has 2 rings (SSSR count). The highest BCUT2D eigenvalue weighted by molar-refractivity contribution is 7.79. The molecular weight excluding hydrogens is 212 g/mol. The molecule has 0 saturated heterocycles. The van der Waals surface area contributed by atoms with Crippen molar-refractivity contribution in [3.63, 3.8) is 0 Å². The highest BCUT2D eigenvalue weighted by Crippen LogP contribution is 2.30. The quantitative estimate of drug-likeness (QED) is 0.786. The van der Waals surface area contributed by atoms with Gasteiger partial charge in [0.25, 0.3) is 0 Å². The third-order valence-electron chi connectivity index (χ3n) is 2.82. The minimum atomic E-state index is -1.96. The van der Waals surface area contributed by atoms with Crippen molar-refractivity contribution in [1.82, 2.24) is 0 Å². The van der Waals surface area contributed by atoms with Gasteiger partial charge in [-0.15, -0.1) is 0 Å². The second kappa shape index (κ2) is 4.33. The molecule has 0 bridgehead atoms. The Morgan fingerprint density at radius 2 is 1.87 bits per heavy atom. The Hall–Kier alpha value is -0.870. The summed E-state index contributed by atoms with van der Waals surface area (Å²) in [7, 11) is 1.53. The summed E-state index contributed by atoms with van der Waals surface area (Å²) in [4.78, 5) is 0.387. The minimum Gasteiger partial charge on any atom is -0.495 e. The molecule has 0 aromatic heterocycles. The zero-order valence-electron chi connectivity index (χ0n) is 8.66. The lowest BCUT2D eigenvalue weighted by Gasteiger charge is -2.17. The van der Waals surface area contributed by atoms with Gasteiger partial charge in [0.1, 0.15) is 10.6 Å². The molecule has 0 radical (unpaired) electrons. The minimum absolute atomic E-state index is 0.387. The third kappa shape index (κ3) is 2.06. The summed E-state index contributed by atoms with van der Waals surface area (Å²) in [6.45, 7) is 0. The number of hydrogen-bond donors (Lipinski definition) is 1. The first-order valence-electron chi connectivity index (χ1n) is 5.03. The first-order chi connectivity index (χ1) is 7.22. The van der Waals surface area contributed by atoms with E-state index in [4.69, 9.17) is 9.29 Å². The third-order valence-corrected chi connectivity index (χ3v) is 3.51. The predicted molar refractivity (Wildman–Crippen MR) is 58.7 cm³/mol. The van der Waals surface area contributed by atoms with Crippen LogP contribution in [0.15, 0.2) is 17.0 Å². The molecule has 0 saturated carbocycles. The number of aryl methyl sites for hydroxylation is 2. The summed E-state index contributed by atoms with van der Waals surface area (Å²) in [6, 6.07) is 3.71. The number of methoxy groups -OCH3 is 1.